The molecule has 3 rings (SSSR count). The SMILES string of the molecule is CCCCC(CC)C(=O)OC(c1ccccc1)(c1ccccc1)c1ccccc1. The normalized spacial score (nSPS) is 12.3. The van der Waals surface area contributed by atoms with Crippen LogP contribution < -0.4 is 0 Å². The zero-order valence-corrected chi connectivity index (χ0v) is 17.4. The van der Waals surface area contributed by atoms with Crippen molar-refractivity contribution in [1.82, 2.24) is 0 Å². The monoisotopic (exact) mass is 386 g/mol. The van der Waals surface area contributed by atoms with Gasteiger partial charge in [-0.2, -0.15) is 0 Å². The number of carbonyl (C=O) groups excluding carboxylic acids is 1. The first kappa shape index (κ1) is 20.9. The molecule has 0 N–H and O–H groups in total. The average molecular weight is 387 g/mol. The molecule has 0 bridgehead atoms. The Balaban J connectivity index is 2.16. The number of carbonyl (C=O) groups is 1. The molecule has 0 spiro atoms. The fraction of sp³-hybridized carbons (Fsp3) is 0.296. The summed E-state index contributed by atoms with van der Waals surface area (Å²) in [7, 11) is 0. The van der Waals surface area contributed by atoms with Gasteiger partial charge in [0.05, 0.1) is 5.92 Å². The quantitative estimate of drug-likeness (QED) is 0.301. The topological polar surface area (TPSA) is 26.3 Å². The zero-order chi connectivity index (χ0) is 20.5. The summed E-state index contributed by atoms with van der Waals surface area (Å²) in [6.07, 6.45) is 3.75. The van der Waals surface area contributed by atoms with Gasteiger partial charge in [-0.15, -0.1) is 0 Å². The molecule has 0 aliphatic carbocycles. The highest BCUT2D eigenvalue weighted by Crippen LogP contribution is 2.41. The van der Waals surface area contributed by atoms with E-state index < -0.39 is 5.60 Å². The van der Waals surface area contributed by atoms with Crippen molar-refractivity contribution in [2.45, 2.75) is 45.1 Å². The molecule has 0 saturated carbocycles. The summed E-state index contributed by atoms with van der Waals surface area (Å²) in [5, 5.41) is 0. The van der Waals surface area contributed by atoms with Crippen molar-refractivity contribution >= 4 is 5.97 Å². The largest absolute Gasteiger partial charge is 0.444 e. The molecule has 0 aliphatic rings. The number of ether oxygens (including phenoxy) is 1. The summed E-state index contributed by atoms with van der Waals surface area (Å²) >= 11 is 0. The Labute approximate surface area is 174 Å². The van der Waals surface area contributed by atoms with Crippen LogP contribution in [0.5, 0.6) is 0 Å². The van der Waals surface area contributed by atoms with Gasteiger partial charge in [0.25, 0.3) is 0 Å². The smallest absolute Gasteiger partial charge is 0.310 e. The fourth-order valence-corrected chi connectivity index (χ4v) is 3.87. The first-order valence-electron chi connectivity index (χ1n) is 10.6. The summed E-state index contributed by atoms with van der Waals surface area (Å²) < 4.78 is 6.51. The Bertz CT molecular complexity index is 776. The Hall–Kier alpha value is -2.87. The van der Waals surface area contributed by atoms with E-state index in [1.165, 1.54) is 0 Å². The van der Waals surface area contributed by atoms with Gasteiger partial charge in [-0.1, -0.05) is 118 Å². The summed E-state index contributed by atoms with van der Waals surface area (Å²) in [6, 6.07) is 30.2. The molecule has 0 amide bonds. The second-order valence-corrected chi connectivity index (χ2v) is 7.45. The van der Waals surface area contributed by atoms with Gasteiger partial charge in [-0.05, 0) is 12.8 Å². The lowest BCUT2D eigenvalue weighted by Crippen LogP contribution is -2.37. The lowest BCUT2D eigenvalue weighted by atomic mass is 9.80. The maximum absolute atomic E-state index is 13.4. The van der Waals surface area contributed by atoms with Crippen molar-refractivity contribution in [3.05, 3.63) is 108 Å². The van der Waals surface area contributed by atoms with Gasteiger partial charge in [0.15, 0.2) is 5.60 Å². The van der Waals surface area contributed by atoms with E-state index in [4.69, 9.17) is 4.74 Å². The van der Waals surface area contributed by atoms with Gasteiger partial charge < -0.3 is 4.74 Å². The van der Waals surface area contributed by atoms with Crippen LogP contribution in [-0.2, 0) is 15.1 Å². The van der Waals surface area contributed by atoms with Crippen LogP contribution in [0.2, 0.25) is 0 Å². The molecule has 2 heteroatoms. The molecule has 0 radical (unpaired) electrons. The minimum atomic E-state index is -0.972. The van der Waals surface area contributed by atoms with Gasteiger partial charge in [0.2, 0.25) is 0 Å². The van der Waals surface area contributed by atoms with Gasteiger partial charge in [-0.3, -0.25) is 4.79 Å². The van der Waals surface area contributed by atoms with Crippen LogP contribution in [0, 0.1) is 5.92 Å². The Morgan fingerprint density at radius 1 is 0.759 bits per heavy atom. The Kier molecular flexibility index (Phi) is 7.24. The number of esters is 1. The van der Waals surface area contributed by atoms with E-state index >= 15 is 0 Å². The number of unbranched alkanes of at least 4 members (excludes halogenated alkanes) is 1. The van der Waals surface area contributed by atoms with Crippen molar-refractivity contribution in [3.8, 4) is 0 Å². The van der Waals surface area contributed by atoms with Crippen LogP contribution in [0.3, 0.4) is 0 Å². The first-order valence-corrected chi connectivity index (χ1v) is 10.6. The third-order valence-corrected chi connectivity index (χ3v) is 5.53. The van der Waals surface area contributed by atoms with Crippen LogP contribution in [0.4, 0.5) is 0 Å². The number of benzene rings is 3. The third-order valence-electron chi connectivity index (χ3n) is 5.53. The van der Waals surface area contributed by atoms with Crippen LogP contribution in [-0.4, -0.2) is 5.97 Å². The molecule has 3 aromatic carbocycles. The van der Waals surface area contributed by atoms with Crippen molar-refractivity contribution < 1.29 is 9.53 Å². The molecule has 150 valence electrons. The number of hydrogen-bond acceptors (Lipinski definition) is 2. The van der Waals surface area contributed by atoms with Crippen molar-refractivity contribution in [1.29, 1.82) is 0 Å². The summed E-state index contributed by atoms with van der Waals surface area (Å²) in [5.74, 6) is -0.219. The standard InChI is InChI=1S/C27H30O2/c1-3-5-15-22(4-2)26(28)29-27(23-16-9-6-10-17-23,24-18-11-7-12-19-24)25-20-13-8-14-21-25/h6-14,16-22H,3-5,15H2,1-2H3. The summed E-state index contributed by atoms with van der Waals surface area (Å²) in [6.45, 7) is 4.22. The molecule has 0 aromatic heterocycles. The number of hydrogen-bond donors (Lipinski definition) is 0. The molecule has 2 nitrogen and oxygen atoms in total. The molecule has 0 saturated heterocycles. The van der Waals surface area contributed by atoms with E-state index in [2.05, 4.69) is 13.8 Å². The molecule has 3 aromatic rings. The van der Waals surface area contributed by atoms with E-state index in [1.807, 2.05) is 91.0 Å². The summed E-state index contributed by atoms with van der Waals surface area (Å²) in [4.78, 5) is 13.4. The maximum Gasteiger partial charge on any atom is 0.310 e. The van der Waals surface area contributed by atoms with Crippen LogP contribution in [0.15, 0.2) is 91.0 Å². The van der Waals surface area contributed by atoms with Crippen molar-refractivity contribution in [2.75, 3.05) is 0 Å². The number of rotatable bonds is 9. The second-order valence-electron chi connectivity index (χ2n) is 7.45. The lowest BCUT2D eigenvalue weighted by molar-refractivity contribution is -0.159. The Morgan fingerprint density at radius 2 is 1.17 bits per heavy atom. The fourth-order valence-electron chi connectivity index (χ4n) is 3.87. The van der Waals surface area contributed by atoms with Gasteiger partial charge in [0.1, 0.15) is 0 Å². The molecule has 1 atom stereocenters. The van der Waals surface area contributed by atoms with Crippen LogP contribution in [0.1, 0.15) is 56.2 Å². The molecular weight excluding hydrogens is 356 g/mol. The van der Waals surface area contributed by atoms with Gasteiger partial charge in [0, 0.05) is 16.7 Å². The highest BCUT2D eigenvalue weighted by molar-refractivity contribution is 5.74. The molecule has 0 aliphatic heterocycles. The average Bonchev–Trinajstić information content (AvgIpc) is 2.80. The van der Waals surface area contributed by atoms with Crippen LogP contribution in [0.25, 0.3) is 0 Å². The molecular formula is C27H30O2. The summed E-state index contributed by atoms with van der Waals surface area (Å²) in [5.41, 5.74) is 1.89. The van der Waals surface area contributed by atoms with E-state index in [-0.39, 0.29) is 11.9 Å². The minimum absolute atomic E-state index is 0.0922. The zero-order valence-electron chi connectivity index (χ0n) is 17.4. The van der Waals surface area contributed by atoms with Gasteiger partial charge >= 0.3 is 5.97 Å². The second kappa shape index (κ2) is 10.1. The highest BCUT2D eigenvalue weighted by atomic mass is 16.6. The first-order chi connectivity index (χ1) is 14.2. The molecule has 0 fully saturated rings. The van der Waals surface area contributed by atoms with Crippen molar-refractivity contribution in [2.24, 2.45) is 5.92 Å². The molecule has 0 heterocycles. The molecule has 29 heavy (non-hydrogen) atoms. The van der Waals surface area contributed by atoms with E-state index in [0.29, 0.717) is 0 Å². The van der Waals surface area contributed by atoms with Crippen LogP contribution >= 0.6 is 0 Å². The van der Waals surface area contributed by atoms with E-state index in [9.17, 15) is 4.79 Å². The predicted octanol–water partition coefficient (Wildman–Crippen LogP) is 6.74. The third kappa shape index (κ3) is 4.59. The van der Waals surface area contributed by atoms with Gasteiger partial charge in [-0.25, -0.2) is 0 Å². The Morgan fingerprint density at radius 3 is 1.52 bits per heavy atom. The minimum Gasteiger partial charge on any atom is -0.444 e. The predicted molar refractivity (Wildman–Crippen MR) is 119 cm³/mol. The van der Waals surface area contributed by atoms with E-state index in [1.54, 1.807) is 0 Å². The highest BCUT2D eigenvalue weighted by Gasteiger charge is 2.41. The van der Waals surface area contributed by atoms with Crippen molar-refractivity contribution in [3.63, 3.8) is 0 Å². The lowest BCUT2D eigenvalue weighted by Gasteiger charge is -2.36. The molecule has 1 unspecified atom stereocenters. The maximum atomic E-state index is 13.4. The van der Waals surface area contributed by atoms with E-state index in [0.717, 1.165) is 42.4 Å².